The van der Waals surface area contributed by atoms with Gasteiger partial charge >= 0.3 is 19.9 Å². The maximum absolute atomic E-state index is 14.0. The third-order valence-electron chi connectivity index (χ3n) is 5.35. The van der Waals surface area contributed by atoms with Gasteiger partial charge in [-0.15, -0.1) is 0 Å². The molecule has 2 aliphatic heterocycles. The molecule has 2 aromatic rings. The van der Waals surface area contributed by atoms with Crippen LogP contribution in [0, 0.1) is 17.9 Å². The number of methoxy groups -OCH3 is 1. The smallest absolute Gasteiger partial charge is 0.477 e. The molecule has 0 amide bonds. The Labute approximate surface area is 162 Å². The van der Waals surface area contributed by atoms with Crippen molar-refractivity contribution in [3.8, 4) is 5.88 Å². The van der Waals surface area contributed by atoms with E-state index >= 15 is 0 Å². The topological polar surface area (TPSA) is 144 Å². The highest BCUT2D eigenvalue weighted by molar-refractivity contribution is 7.48. The van der Waals surface area contributed by atoms with Crippen molar-refractivity contribution in [2.45, 2.75) is 18.2 Å². The predicted molar refractivity (Wildman–Crippen MR) is 89.4 cm³/mol. The molecular weight excluding hydrogens is 414 g/mol. The van der Waals surface area contributed by atoms with Crippen LogP contribution >= 0.6 is 7.82 Å². The molecule has 29 heavy (non-hydrogen) atoms. The van der Waals surface area contributed by atoms with Crippen molar-refractivity contribution in [2.75, 3.05) is 26.9 Å². The first-order valence-electron chi connectivity index (χ1n) is 8.73. The van der Waals surface area contributed by atoms with Crippen molar-refractivity contribution in [1.82, 2.24) is 19.5 Å². The minimum Gasteiger partial charge on any atom is -0.480 e. The fourth-order valence-corrected chi connectivity index (χ4v) is 5.45. The number of carbonyl (C=O) groups is 1. The average molecular weight is 430 g/mol. The van der Waals surface area contributed by atoms with Gasteiger partial charge in [0.15, 0.2) is 23.5 Å². The molecule has 0 aromatic carbocycles. The number of phosphoric ester groups is 1. The maximum Gasteiger partial charge on any atom is 0.477 e. The summed E-state index contributed by atoms with van der Waals surface area (Å²) in [4.78, 5) is 22.4. The van der Waals surface area contributed by atoms with E-state index in [2.05, 4.69) is 15.0 Å². The number of hydrogen-bond donors (Lipinski definition) is 1. The maximum atomic E-state index is 14.0. The fraction of sp³-hybridized carbons (Fsp3) is 0.600. The Hall–Kier alpha value is -2.18. The van der Waals surface area contributed by atoms with Crippen molar-refractivity contribution in [1.29, 1.82) is 0 Å². The highest BCUT2D eigenvalue weighted by atomic mass is 31.2. The second-order valence-corrected chi connectivity index (χ2v) is 8.58. The van der Waals surface area contributed by atoms with Crippen LogP contribution in [0.3, 0.4) is 0 Å². The number of imidazole rings is 1. The lowest BCUT2D eigenvalue weighted by molar-refractivity contribution is -0.192. The van der Waals surface area contributed by atoms with E-state index in [-0.39, 0.29) is 48.2 Å². The zero-order valence-electron chi connectivity index (χ0n) is 15.1. The third-order valence-corrected chi connectivity index (χ3v) is 6.80. The van der Waals surface area contributed by atoms with Crippen molar-refractivity contribution in [3.63, 3.8) is 0 Å². The van der Waals surface area contributed by atoms with Crippen LogP contribution in [0.15, 0.2) is 6.33 Å². The number of fused-ring (bicyclic) bond motifs is 7. The van der Waals surface area contributed by atoms with Gasteiger partial charge in [0, 0.05) is 5.92 Å². The summed E-state index contributed by atoms with van der Waals surface area (Å²) < 4.78 is 55.6. The number of aliphatic carboxylic acids is 1. The van der Waals surface area contributed by atoms with Gasteiger partial charge in [0.2, 0.25) is 5.88 Å². The molecule has 12 nitrogen and oxygen atoms in total. The van der Waals surface area contributed by atoms with Crippen LogP contribution in [-0.4, -0.2) is 63.6 Å². The monoisotopic (exact) mass is 430 g/mol. The number of hydrogen-bond acceptors (Lipinski definition) is 10. The largest absolute Gasteiger partial charge is 0.480 e. The Morgan fingerprint density at radius 3 is 3.10 bits per heavy atom. The van der Waals surface area contributed by atoms with Crippen LogP contribution in [0.2, 0.25) is 0 Å². The molecule has 0 spiro atoms. The first-order valence-corrected chi connectivity index (χ1v) is 10.2. The van der Waals surface area contributed by atoms with E-state index in [4.69, 9.17) is 28.2 Å². The van der Waals surface area contributed by atoms with Gasteiger partial charge in [-0.25, -0.2) is 14.3 Å². The molecule has 1 N–H and O–H groups in total. The second-order valence-electron chi connectivity index (χ2n) is 6.99. The van der Waals surface area contributed by atoms with Gasteiger partial charge in [-0.2, -0.15) is 14.4 Å². The van der Waals surface area contributed by atoms with Crippen LogP contribution in [-0.2, 0) is 33.4 Å². The third kappa shape index (κ3) is 2.92. The van der Waals surface area contributed by atoms with Gasteiger partial charge < -0.3 is 14.6 Å². The molecule has 3 fully saturated rings. The molecule has 2 aromatic heterocycles. The van der Waals surface area contributed by atoms with Crippen LogP contribution < -0.4 is 4.74 Å². The number of nitrogens with zero attached hydrogens (tertiary/aromatic N) is 4. The minimum absolute atomic E-state index is 0.0485. The van der Waals surface area contributed by atoms with Crippen molar-refractivity contribution < 1.29 is 41.9 Å². The van der Waals surface area contributed by atoms with Gasteiger partial charge in [-0.05, 0) is 12.3 Å². The Kier molecular flexibility index (Phi) is 4.16. The molecule has 1 saturated carbocycles. The van der Waals surface area contributed by atoms with E-state index in [9.17, 15) is 13.8 Å². The summed E-state index contributed by atoms with van der Waals surface area (Å²) in [5, 5.41) is 8.88. The lowest BCUT2D eigenvalue weighted by Crippen LogP contribution is -2.51. The van der Waals surface area contributed by atoms with Gasteiger partial charge in [0.25, 0.3) is 0 Å². The summed E-state index contributed by atoms with van der Waals surface area (Å²) in [7, 11) is -2.97. The summed E-state index contributed by atoms with van der Waals surface area (Å²) in [5.41, 5.74) is -1.21. The summed E-state index contributed by atoms with van der Waals surface area (Å²) in [6.45, 7) is -0.978. The molecule has 1 aliphatic carbocycles. The minimum atomic E-state index is -4.28. The number of phosphoric acid groups is 1. The summed E-state index contributed by atoms with van der Waals surface area (Å²) >= 11 is 0. The second kappa shape index (κ2) is 6.41. The molecule has 4 heterocycles. The van der Waals surface area contributed by atoms with Gasteiger partial charge in [0.1, 0.15) is 0 Å². The Morgan fingerprint density at radius 2 is 2.34 bits per heavy atom. The zero-order valence-corrected chi connectivity index (χ0v) is 16.0. The molecule has 4 unspecified atom stereocenters. The van der Waals surface area contributed by atoms with Crippen molar-refractivity contribution >= 4 is 25.0 Å². The van der Waals surface area contributed by atoms with E-state index in [1.165, 1.54) is 18.0 Å². The number of halogens is 1. The van der Waals surface area contributed by atoms with E-state index in [0.29, 0.717) is 6.42 Å². The van der Waals surface area contributed by atoms with Crippen molar-refractivity contribution in [3.05, 3.63) is 12.4 Å². The number of carboxylic acids is 1. The lowest BCUT2D eigenvalue weighted by Gasteiger charge is -2.43. The lowest BCUT2D eigenvalue weighted by atomic mass is 10.0. The standard InChI is InChI=1S/C15H16FN4O8P/c1-24-13-11-12(18-14(16)19-13)20(6-17-11)15-5-25-9(7-2-8(7)15)3-26-29(23,28-15)27-4-10(21)22/h6-9H,2-5H2,1H3,(H,21,22)/t7?,8?,9-,15?,29?/m1/s1. The Balaban J connectivity index is 1.63. The van der Waals surface area contributed by atoms with E-state index < -0.39 is 32.2 Å². The predicted octanol–water partition coefficient (Wildman–Crippen LogP) is 0.918. The van der Waals surface area contributed by atoms with Gasteiger partial charge in [-0.3, -0.25) is 18.1 Å². The number of rotatable bonds is 5. The molecule has 5 atom stereocenters. The van der Waals surface area contributed by atoms with Crippen LogP contribution in [0.4, 0.5) is 4.39 Å². The molecule has 156 valence electrons. The van der Waals surface area contributed by atoms with Crippen LogP contribution in [0.1, 0.15) is 6.42 Å². The van der Waals surface area contributed by atoms with Crippen LogP contribution in [0.25, 0.3) is 11.2 Å². The summed E-state index contributed by atoms with van der Waals surface area (Å²) in [6.07, 6.45) is 0.636. The molecule has 2 bridgehead atoms. The molecule has 5 rings (SSSR count). The quantitative estimate of drug-likeness (QED) is 0.534. The number of aromatic nitrogens is 4. The highest BCUT2D eigenvalue weighted by Gasteiger charge is 2.66. The van der Waals surface area contributed by atoms with Gasteiger partial charge in [0.05, 0.1) is 32.8 Å². The Bertz CT molecular complexity index is 1050. The molecule has 14 heteroatoms. The van der Waals surface area contributed by atoms with E-state index in [1.807, 2.05) is 0 Å². The van der Waals surface area contributed by atoms with E-state index in [0.717, 1.165) is 0 Å². The van der Waals surface area contributed by atoms with Crippen molar-refractivity contribution in [2.24, 2.45) is 11.8 Å². The SMILES string of the molecule is COc1nc(F)nc2c1ncn2C12CO[C@H](COP(=O)(OCC(=O)O)O1)C1CC12. The van der Waals surface area contributed by atoms with E-state index in [1.54, 1.807) is 0 Å². The first kappa shape index (κ1) is 18.8. The molecule has 3 aliphatic rings. The summed E-state index contributed by atoms with van der Waals surface area (Å²) in [5.74, 6) is -1.50. The molecule has 2 saturated heterocycles. The molecular formula is C15H16FN4O8P. The normalized spacial score (nSPS) is 35.7. The average Bonchev–Trinajstić information content (AvgIpc) is 3.37. The van der Waals surface area contributed by atoms with Crippen LogP contribution in [0.5, 0.6) is 5.88 Å². The fourth-order valence-electron chi connectivity index (χ4n) is 4.01. The Morgan fingerprint density at radius 1 is 1.52 bits per heavy atom. The number of ether oxygens (including phenoxy) is 2. The number of carboxylic acid groups (broad SMARTS) is 1. The highest BCUT2D eigenvalue weighted by Crippen LogP contribution is 2.66. The first-order chi connectivity index (χ1) is 13.8. The van der Waals surface area contributed by atoms with Gasteiger partial charge in [-0.1, -0.05) is 0 Å². The summed E-state index contributed by atoms with van der Waals surface area (Å²) in [6, 6.07) is 0. The zero-order chi connectivity index (χ0) is 20.4. The molecule has 0 radical (unpaired) electrons.